The maximum atomic E-state index is 13.1. The summed E-state index contributed by atoms with van der Waals surface area (Å²) in [7, 11) is 0. The average Bonchev–Trinajstić information content (AvgIpc) is 3.19. The van der Waals surface area contributed by atoms with Crippen LogP contribution in [0.5, 0.6) is 0 Å². The number of hydrogen-bond donors (Lipinski definition) is 10. The molecule has 2 aromatic heterocycles. The lowest BCUT2D eigenvalue weighted by Crippen LogP contribution is -2.32. The van der Waals surface area contributed by atoms with Crippen LogP contribution in [0.2, 0.25) is 0 Å². The van der Waals surface area contributed by atoms with Crippen LogP contribution in [0, 0.1) is 24.7 Å². The van der Waals surface area contributed by atoms with E-state index in [0.29, 0.717) is 74.5 Å². The fourth-order valence-corrected chi connectivity index (χ4v) is 5.23. The molecule has 22 nitrogen and oxygen atoms in total. The number of aryl methyl sites for hydroxylation is 2. The Hall–Kier alpha value is -7.52. The normalized spacial score (nSPS) is 11.7. The van der Waals surface area contributed by atoms with Gasteiger partial charge in [0.1, 0.15) is 11.4 Å². The van der Waals surface area contributed by atoms with Crippen LogP contribution in [0.1, 0.15) is 84.2 Å². The number of rotatable bonds is 20. The molecular weight excluding hydrogens is 853 g/mol. The number of aliphatic imine (C=N–C) groups is 2. The topological polar surface area (TPSA) is 313 Å². The quantitative estimate of drug-likeness (QED) is 0.0146. The first-order valence-corrected chi connectivity index (χ1v) is 21.3. The van der Waals surface area contributed by atoms with E-state index in [1.165, 1.54) is 18.2 Å². The van der Waals surface area contributed by atoms with Gasteiger partial charge in [0.25, 0.3) is 11.1 Å². The highest BCUT2D eigenvalue weighted by Crippen LogP contribution is 2.19. The predicted molar refractivity (Wildman–Crippen MR) is 255 cm³/mol. The van der Waals surface area contributed by atoms with Gasteiger partial charge in [-0.15, -0.1) is 0 Å². The summed E-state index contributed by atoms with van der Waals surface area (Å²) in [4.78, 5) is 95.8. The van der Waals surface area contributed by atoms with Crippen LogP contribution in [-0.2, 0) is 19.1 Å². The highest BCUT2D eigenvalue weighted by Gasteiger charge is 2.25. The minimum Gasteiger partial charge on any atom is -0.461 e. The van der Waals surface area contributed by atoms with Crippen LogP contribution in [-0.4, -0.2) is 95.2 Å². The Morgan fingerprint density at radius 3 is 1.56 bits per heavy atom. The molecule has 0 atom stereocenters. The van der Waals surface area contributed by atoms with E-state index in [0.717, 1.165) is 0 Å². The number of ether oxygens (including phenoxy) is 2. The zero-order valence-corrected chi connectivity index (χ0v) is 39.0. The molecule has 0 aliphatic carbocycles. The third-order valence-corrected chi connectivity index (χ3v) is 8.28. The van der Waals surface area contributed by atoms with E-state index >= 15 is 0 Å². The second kappa shape index (κ2) is 25.7. The molecule has 3 aromatic rings. The van der Waals surface area contributed by atoms with Crippen molar-refractivity contribution in [2.24, 2.45) is 26.5 Å². The maximum Gasteiger partial charge on any atom is 0.345 e. The summed E-state index contributed by atoms with van der Waals surface area (Å²) in [6.45, 7) is 20.5. The Labute approximate surface area is 383 Å². The van der Waals surface area contributed by atoms with Crippen LogP contribution in [0.15, 0.2) is 73.9 Å². The zero-order valence-electron chi connectivity index (χ0n) is 39.0. The molecule has 0 aliphatic rings. The number of aromatic nitrogens is 4. The van der Waals surface area contributed by atoms with Crippen molar-refractivity contribution in [3.8, 4) is 0 Å². The van der Waals surface area contributed by atoms with E-state index in [9.17, 15) is 28.8 Å². The minimum atomic E-state index is -0.789. The number of nitrogens with one attached hydrogen (secondary N) is 9. The summed E-state index contributed by atoms with van der Waals surface area (Å²) in [5.74, 6) is -1.10. The smallest absolute Gasteiger partial charge is 0.345 e. The molecule has 0 saturated heterocycles. The SMILES string of the molecule is C=C(/N=C(\N=C(/N)Nc1ccc(C=C(C(=O)OCC(C)(C)C)C(=O)OCC(C)(C)C)cc1)NCCCCNC(=O)Nc1nc(=O)cc(C)[nH]1)NCCCCNC(=O)Nc1nc(=O)cc(C)[nH]1. The minimum absolute atomic E-state index is 0.0232. The van der Waals surface area contributed by atoms with Gasteiger partial charge in [-0.3, -0.25) is 20.2 Å². The molecule has 2 heterocycles. The van der Waals surface area contributed by atoms with E-state index in [1.807, 2.05) is 41.5 Å². The van der Waals surface area contributed by atoms with Crippen LogP contribution >= 0.6 is 0 Å². The summed E-state index contributed by atoms with van der Waals surface area (Å²) in [5, 5.41) is 19.7. The second-order valence-electron chi connectivity index (χ2n) is 17.5. The number of benzene rings is 1. The number of carbonyl (C=O) groups excluding carboxylic acids is 4. The number of carbonyl (C=O) groups is 4. The first-order valence-electron chi connectivity index (χ1n) is 21.3. The Kier molecular flexibility index (Phi) is 20.6. The fraction of sp³-hybridized carbons (Fsp3) is 0.455. The molecule has 0 fully saturated rings. The first kappa shape index (κ1) is 52.8. The number of anilines is 3. The van der Waals surface area contributed by atoms with Gasteiger partial charge in [0.15, 0.2) is 0 Å². The summed E-state index contributed by atoms with van der Waals surface area (Å²) in [6, 6.07) is 8.33. The molecule has 0 aliphatic heterocycles. The number of esters is 2. The van der Waals surface area contributed by atoms with E-state index in [4.69, 9.17) is 15.2 Å². The average molecular weight is 917 g/mol. The van der Waals surface area contributed by atoms with Crippen molar-refractivity contribution in [1.29, 1.82) is 0 Å². The van der Waals surface area contributed by atoms with Crippen molar-refractivity contribution in [1.82, 2.24) is 41.2 Å². The summed E-state index contributed by atoms with van der Waals surface area (Å²) < 4.78 is 10.9. The van der Waals surface area contributed by atoms with Gasteiger partial charge in [0.2, 0.25) is 23.8 Å². The van der Waals surface area contributed by atoms with Crippen molar-refractivity contribution in [3.05, 3.63) is 92.0 Å². The molecule has 66 heavy (non-hydrogen) atoms. The Morgan fingerprint density at radius 1 is 0.682 bits per heavy atom. The fourth-order valence-electron chi connectivity index (χ4n) is 5.23. The lowest BCUT2D eigenvalue weighted by Gasteiger charge is -2.20. The zero-order chi connectivity index (χ0) is 48.9. The third kappa shape index (κ3) is 22.2. The first-order chi connectivity index (χ1) is 31.0. The van der Waals surface area contributed by atoms with Crippen molar-refractivity contribution in [2.75, 3.05) is 55.3 Å². The van der Waals surface area contributed by atoms with Gasteiger partial charge in [0.05, 0.1) is 13.2 Å². The maximum absolute atomic E-state index is 13.1. The summed E-state index contributed by atoms with van der Waals surface area (Å²) in [5.41, 5.74) is 6.70. The number of H-pyrrole nitrogens is 2. The number of urea groups is 2. The Balaban J connectivity index is 1.63. The van der Waals surface area contributed by atoms with Gasteiger partial charge in [-0.1, -0.05) is 60.3 Å². The number of amides is 4. The molecule has 358 valence electrons. The summed E-state index contributed by atoms with van der Waals surface area (Å²) >= 11 is 0. The number of aromatic amines is 2. The van der Waals surface area contributed by atoms with Crippen molar-refractivity contribution in [2.45, 2.75) is 81.1 Å². The van der Waals surface area contributed by atoms with Crippen molar-refractivity contribution < 1.29 is 28.7 Å². The lowest BCUT2D eigenvalue weighted by atomic mass is 9.98. The van der Waals surface area contributed by atoms with E-state index in [1.54, 1.807) is 38.1 Å². The molecule has 1 aromatic carbocycles. The van der Waals surface area contributed by atoms with E-state index in [-0.39, 0.29) is 59.3 Å². The standard InChI is InChI=1S/C44H64N14O8/c1-27-22-33(59)54-39(50-27)57-41(63)48-20-12-10-18-46-29(3)52-38(47-19-11-13-21-49-42(64)58-40-51-28(2)23-34(60)55-40)56-37(45)53-31-16-14-30(15-17-31)24-32(35(61)65-25-43(4,5)6)36(62)66-26-44(7,8)9/h14-17,22-24,46H,3,10-13,18-21,25-26H2,1-2,4-9H3,(H4,45,47,52,53,56)(H3,48,50,54,57,59,63)(H3,49,51,55,58,60,64). The number of nitrogens with two attached hydrogens (primary N) is 1. The molecule has 0 spiro atoms. The molecule has 0 bridgehead atoms. The molecule has 11 N–H and O–H groups in total. The van der Waals surface area contributed by atoms with E-state index < -0.39 is 35.1 Å². The molecule has 0 unspecified atom stereocenters. The Bertz CT molecular complexity index is 2330. The van der Waals surface area contributed by atoms with Gasteiger partial charge in [-0.05, 0) is 74.1 Å². The number of hydrogen-bond acceptors (Lipinski definition) is 12. The number of unbranched alkanes of at least 4 members (excludes halogenated alkanes) is 2. The molecule has 22 heteroatoms. The summed E-state index contributed by atoms with van der Waals surface area (Å²) in [6.07, 6.45) is 3.82. The Morgan fingerprint density at radius 2 is 1.12 bits per heavy atom. The monoisotopic (exact) mass is 917 g/mol. The molecular formula is C44H64N14O8. The van der Waals surface area contributed by atoms with Crippen molar-refractivity contribution in [3.63, 3.8) is 0 Å². The second-order valence-corrected chi connectivity index (χ2v) is 17.5. The van der Waals surface area contributed by atoms with Crippen LogP contribution in [0.25, 0.3) is 6.08 Å². The van der Waals surface area contributed by atoms with Crippen LogP contribution in [0.3, 0.4) is 0 Å². The molecule has 4 amide bonds. The highest BCUT2D eigenvalue weighted by atomic mass is 16.6. The number of nitrogens with zero attached hydrogens (tertiary/aromatic N) is 4. The van der Waals surface area contributed by atoms with Crippen LogP contribution in [0.4, 0.5) is 27.2 Å². The van der Waals surface area contributed by atoms with Gasteiger partial charge in [0, 0.05) is 55.4 Å². The third-order valence-electron chi connectivity index (χ3n) is 8.28. The largest absolute Gasteiger partial charge is 0.461 e. The number of guanidine groups is 2. The molecule has 0 radical (unpaired) electrons. The highest BCUT2D eigenvalue weighted by molar-refractivity contribution is 6.17. The van der Waals surface area contributed by atoms with Gasteiger partial charge >= 0.3 is 24.0 Å². The lowest BCUT2D eigenvalue weighted by molar-refractivity contribution is -0.149. The van der Waals surface area contributed by atoms with Gasteiger partial charge < -0.3 is 51.8 Å². The van der Waals surface area contributed by atoms with Crippen molar-refractivity contribution >= 4 is 59.6 Å². The van der Waals surface area contributed by atoms with Gasteiger partial charge in [-0.2, -0.15) is 20.0 Å². The van der Waals surface area contributed by atoms with Gasteiger partial charge in [-0.25, -0.2) is 19.2 Å². The predicted octanol–water partition coefficient (Wildman–Crippen LogP) is 3.97. The van der Waals surface area contributed by atoms with Crippen LogP contribution < -0.4 is 54.1 Å². The molecule has 0 saturated carbocycles. The molecule has 3 rings (SSSR count). The van der Waals surface area contributed by atoms with E-state index in [2.05, 4.69) is 73.7 Å².